The molecule has 1 atom stereocenters. The van der Waals surface area contributed by atoms with Crippen LogP contribution in [0.5, 0.6) is 0 Å². The fourth-order valence-electron chi connectivity index (χ4n) is 2.39. The number of thiophene rings is 1. The summed E-state index contributed by atoms with van der Waals surface area (Å²) in [6, 6.07) is 3.60. The minimum atomic E-state index is -0.390. The smallest absolute Gasteiger partial charge is 0.273 e. The molecule has 0 spiro atoms. The maximum absolute atomic E-state index is 12.2. The van der Waals surface area contributed by atoms with E-state index in [-0.39, 0.29) is 17.7 Å². The lowest BCUT2D eigenvalue weighted by Gasteiger charge is -2.13. The highest BCUT2D eigenvalue weighted by molar-refractivity contribution is 7.13. The monoisotopic (exact) mass is 320 g/mol. The van der Waals surface area contributed by atoms with Crippen molar-refractivity contribution in [2.45, 2.75) is 33.6 Å². The molecule has 0 aromatic carbocycles. The number of aryl methyl sites for hydroxylation is 3. The van der Waals surface area contributed by atoms with E-state index in [2.05, 4.69) is 16.0 Å². The number of amides is 2. The molecule has 2 aromatic rings. The zero-order chi connectivity index (χ0) is 16.4. The van der Waals surface area contributed by atoms with Gasteiger partial charge in [0.2, 0.25) is 5.91 Å². The third kappa shape index (κ3) is 3.19. The van der Waals surface area contributed by atoms with Crippen LogP contribution in [0.3, 0.4) is 0 Å². The predicted molar refractivity (Wildman–Crippen MR) is 85.8 cm³/mol. The molecule has 22 heavy (non-hydrogen) atoms. The van der Waals surface area contributed by atoms with E-state index < -0.39 is 0 Å². The number of aromatic nitrogens is 2. The number of hydrogen-bond donors (Lipinski definition) is 2. The summed E-state index contributed by atoms with van der Waals surface area (Å²) in [5, 5.41) is 4.31. The first-order chi connectivity index (χ1) is 10.3. The molecule has 1 unspecified atom stereocenters. The maximum Gasteiger partial charge on any atom is 0.279 e. The Labute approximate surface area is 133 Å². The van der Waals surface area contributed by atoms with E-state index >= 15 is 0 Å². The van der Waals surface area contributed by atoms with Crippen LogP contribution in [0.15, 0.2) is 12.1 Å². The lowest BCUT2D eigenvalue weighted by molar-refractivity contribution is -0.123. The fraction of sp³-hybridized carbons (Fsp3) is 0.400. The SMILES string of the molecule is Cc1ccc(C(=O)NNC(=O)C(C)c2c(C)nn(C)c2C)s1. The van der Waals surface area contributed by atoms with Crippen molar-refractivity contribution < 1.29 is 9.59 Å². The van der Waals surface area contributed by atoms with Gasteiger partial charge in [-0.1, -0.05) is 0 Å². The molecule has 0 bridgehead atoms. The van der Waals surface area contributed by atoms with Gasteiger partial charge in [-0.25, -0.2) is 0 Å². The van der Waals surface area contributed by atoms with Gasteiger partial charge < -0.3 is 0 Å². The van der Waals surface area contributed by atoms with Crippen LogP contribution in [-0.2, 0) is 11.8 Å². The van der Waals surface area contributed by atoms with Crippen molar-refractivity contribution in [3.63, 3.8) is 0 Å². The van der Waals surface area contributed by atoms with E-state index in [0.717, 1.165) is 21.8 Å². The van der Waals surface area contributed by atoms with Crippen LogP contribution in [0.1, 0.15) is 44.3 Å². The van der Waals surface area contributed by atoms with E-state index in [1.165, 1.54) is 11.3 Å². The topological polar surface area (TPSA) is 76.0 Å². The Balaban J connectivity index is 2.01. The van der Waals surface area contributed by atoms with Gasteiger partial charge in [-0.15, -0.1) is 11.3 Å². The van der Waals surface area contributed by atoms with Gasteiger partial charge in [-0.05, 0) is 39.8 Å². The molecule has 0 aliphatic heterocycles. The minimum absolute atomic E-state index is 0.263. The van der Waals surface area contributed by atoms with Gasteiger partial charge in [-0.2, -0.15) is 5.10 Å². The molecular formula is C15H20N4O2S. The second-order valence-corrected chi connectivity index (χ2v) is 6.57. The average Bonchev–Trinajstić information content (AvgIpc) is 3.00. The van der Waals surface area contributed by atoms with Crippen LogP contribution in [0.25, 0.3) is 0 Å². The summed E-state index contributed by atoms with van der Waals surface area (Å²) >= 11 is 1.38. The van der Waals surface area contributed by atoms with Crippen molar-refractivity contribution in [2.75, 3.05) is 0 Å². The second-order valence-electron chi connectivity index (χ2n) is 5.28. The molecule has 118 valence electrons. The molecule has 0 aliphatic rings. The van der Waals surface area contributed by atoms with Crippen molar-refractivity contribution in [3.8, 4) is 0 Å². The Morgan fingerprint density at radius 1 is 1.23 bits per heavy atom. The van der Waals surface area contributed by atoms with Crippen LogP contribution >= 0.6 is 11.3 Å². The number of carbonyl (C=O) groups is 2. The second kappa shape index (κ2) is 6.31. The molecule has 2 N–H and O–H groups in total. The Bertz CT molecular complexity index is 717. The summed E-state index contributed by atoms with van der Waals surface area (Å²) in [5.41, 5.74) is 7.59. The molecule has 7 heteroatoms. The van der Waals surface area contributed by atoms with Crippen molar-refractivity contribution in [3.05, 3.63) is 38.8 Å². The van der Waals surface area contributed by atoms with Crippen LogP contribution in [0, 0.1) is 20.8 Å². The summed E-state index contributed by atoms with van der Waals surface area (Å²) in [6.07, 6.45) is 0. The Hall–Kier alpha value is -2.15. The molecule has 2 rings (SSSR count). The predicted octanol–water partition coefficient (Wildman–Crippen LogP) is 1.97. The van der Waals surface area contributed by atoms with Crippen LogP contribution in [0.2, 0.25) is 0 Å². The molecule has 0 fully saturated rings. The lowest BCUT2D eigenvalue weighted by atomic mass is 9.98. The minimum Gasteiger partial charge on any atom is -0.273 e. The van der Waals surface area contributed by atoms with Crippen molar-refractivity contribution in [2.24, 2.45) is 7.05 Å². The van der Waals surface area contributed by atoms with Crippen molar-refractivity contribution in [1.29, 1.82) is 0 Å². The Morgan fingerprint density at radius 3 is 2.41 bits per heavy atom. The summed E-state index contributed by atoms with van der Waals surface area (Å²) in [5.74, 6) is -0.960. The number of nitrogens with one attached hydrogen (secondary N) is 2. The quantitative estimate of drug-likeness (QED) is 0.849. The molecule has 0 aliphatic carbocycles. The highest BCUT2D eigenvalue weighted by Gasteiger charge is 2.23. The third-order valence-corrected chi connectivity index (χ3v) is 4.65. The van der Waals surface area contributed by atoms with Crippen molar-refractivity contribution in [1.82, 2.24) is 20.6 Å². The Morgan fingerprint density at radius 2 is 1.91 bits per heavy atom. The Kier molecular flexibility index (Phi) is 4.65. The summed E-state index contributed by atoms with van der Waals surface area (Å²) in [6.45, 7) is 7.52. The van der Waals surface area contributed by atoms with Gasteiger partial charge in [0.1, 0.15) is 0 Å². The number of hydrogen-bond acceptors (Lipinski definition) is 4. The first kappa shape index (κ1) is 16.2. The summed E-state index contributed by atoms with van der Waals surface area (Å²) in [4.78, 5) is 25.8. The van der Waals surface area contributed by atoms with Gasteiger partial charge in [0.25, 0.3) is 5.91 Å². The summed E-state index contributed by atoms with van der Waals surface area (Å²) in [7, 11) is 1.84. The summed E-state index contributed by atoms with van der Waals surface area (Å²) < 4.78 is 1.75. The molecule has 2 amide bonds. The van der Waals surface area contributed by atoms with Gasteiger partial charge in [-0.3, -0.25) is 25.1 Å². The van der Waals surface area contributed by atoms with Crippen LogP contribution in [-0.4, -0.2) is 21.6 Å². The van der Waals surface area contributed by atoms with Crippen molar-refractivity contribution >= 4 is 23.2 Å². The van der Waals surface area contributed by atoms with Gasteiger partial charge in [0, 0.05) is 23.2 Å². The maximum atomic E-state index is 12.2. The van der Waals surface area contributed by atoms with E-state index in [1.54, 1.807) is 17.7 Å². The van der Waals surface area contributed by atoms with E-state index in [4.69, 9.17) is 0 Å². The molecule has 0 saturated carbocycles. The lowest BCUT2D eigenvalue weighted by Crippen LogP contribution is -2.43. The van der Waals surface area contributed by atoms with Gasteiger partial charge in [0.05, 0.1) is 16.5 Å². The molecule has 2 heterocycles. The molecule has 6 nitrogen and oxygen atoms in total. The molecular weight excluding hydrogens is 300 g/mol. The van der Waals surface area contributed by atoms with E-state index in [0.29, 0.717) is 4.88 Å². The number of carbonyl (C=O) groups excluding carboxylic acids is 2. The van der Waals surface area contributed by atoms with E-state index in [1.807, 2.05) is 33.9 Å². The first-order valence-electron chi connectivity index (χ1n) is 6.98. The van der Waals surface area contributed by atoms with Gasteiger partial charge >= 0.3 is 0 Å². The zero-order valence-electron chi connectivity index (χ0n) is 13.4. The zero-order valence-corrected chi connectivity index (χ0v) is 14.2. The molecule has 0 saturated heterocycles. The highest BCUT2D eigenvalue weighted by atomic mass is 32.1. The third-order valence-electron chi connectivity index (χ3n) is 3.65. The molecule has 2 aromatic heterocycles. The molecule has 0 radical (unpaired) electrons. The fourth-order valence-corrected chi connectivity index (χ4v) is 3.16. The standard InChI is InChI=1S/C15H20N4O2S/c1-8-6-7-12(22-8)15(21)17-16-14(20)9(2)13-10(3)18-19(5)11(13)4/h6-7,9H,1-5H3,(H,16,20)(H,17,21). The number of rotatable bonds is 3. The number of hydrazine groups is 1. The number of nitrogens with zero attached hydrogens (tertiary/aromatic N) is 2. The highest BCUT2D eigenvalue weighted by Crippen LogP contribution is 2.22. The van der Waals surface area contributed by atoms with Gasteiger partial charge in [0.15, 0.2) is 0 Å². The van der Waals surface area contributed by atoms with Crippen LogP contribution in [0.4, 0.5) is 0 Å². The normalized spacial score (nSPS) is 12.0. The van der Waals surface area contributed by atoms with Crippen LogP contribution < -0.4 is 10.9 Å². The van der Waals surface area contributed by atoms with E-state index in [9.17, 15) is 9.59 Å². The average molecular weight is 320 g/mol. The first-order valence-corrected chi connectivity index (χ1v) is 7.79. The largest absolute Gasteiger partial charge is 0.279 e.